The number of hydrogen-bond donors (Lipinski definition) is 0. The molecule has 0 saturated carbocycles. The maximum Gasteiger partial charge on any atom is 0.363 e. The van der Waals surface area contributed by atoms with Crippen LogP contribution in [-0.2, 0) is 9.53 Å². The molecule has 0 fully saturated rings. The smallest absolute Gasteiger partial charge is 0.363 e. The highest BCUT2D eigenvalue weighted by molar-refractivity contribution is 6.11. The lowest BCUT2D eigenvalue weighted by atomic mass is 10.1. The highest BCUT2D eigenvalue weighted by Crippen LogP contribution is 2.39. The van der Waals surface area contributed by atoms with Crippen molar-refractivity contribution >= 4 is 24.0 Å². The molecule has 1 heterocycles. The molecule has 2 aromatic carbocycles. The molecule has 0 atom stereocenters. The predicted octanol–water partition coefficient (Wildman–Crippen LogP) is 3.73. The van der Waals surface area contributed by atoms with Gasteiger partial charge in [0.1, 0.15) is 5.75 Å². The number of carbonyl (C=O) groups excluding carboxylic acids is 1. The molecule has 7 heteroatoms. The third kappa shape index (κ3) is 4.40. The van der Waals surface area contributed by atoms with Crippen LogP contribution in [0.15, 0.2) is 53.2 Å². The number of benzene rings is 2. The van der Waals surface area contributed by atoms with Crippen molar-refractivity contribution < 1.29 is 28.5 Å². The molecule has 0 spiro atoms. The Morgan fingerprint density at radius 3 is 2.14 bits per heavy atom. The number of hydrogen-bond acceptors (Lipinski definition) is 7. The van der Waals surface area contributed by atoms with Gasteiger partial charge in [-0.15, -0.1) is 0 Å². The molecule has 0 bridgehead atoms. The molecule has 0 radical (unpaired) electrons. The Morgan fingerprint density at radius 2 is 1.52 bits per heavy atom. The zero-order valence-electron chi connectivity index (χ0n) is 16.6. The van der Waals surface area contributed by atoms with Gasteiger partial charge in [-0.3, -0.25) is 0 Å². The molecule has 150 valence electrons. The van der Waals surface area contributed by atoms with Crippen molar-refractivity contribution in [3.8, 4) is 23.0 Å². The van der Waals surface area contributed by atoms with Crippen LogP contribution in [0.25, 0.3) is 12.2 Å². The molecular formula is C22H21NO6. The molecule has 0 aromatic heterocycles. The summed E-state index contributed by atoms with van der Waals surface area (Å²) >= 11 is 0. The van der Waals surface area contributed by atoms with Gasteiger partial charge >= 0.3 is 5.97 Å². The summed E-state index contributed by atoms with van der Waals surface area (Å²) in [7, 11) is 6.17. The van der Waals surface area contributed by atoms with E-state index in [1.807, 2.05) is 24.3 Å². The lowest BCUT2D eigenvalue weighted by Crippen LogP contribution is -2.01. The molecule has 0 aliphatic carbocycles. The number of esters is 1. The molecule has 3 rings (SSSR count). The summed E-state index contributed by atoms with van der Waals surface area (Å²) in [6, 6.07) is 10.9. The van der Waals surface area contributed by atoms with Gasteiger partial charge in [-0.2, -0.15) is 0 Å². The van der Waals surface area contributed by atoms with Crippen molar-refractivity contribution in [1.82, 2.24) is 0 Å². The number of cyclic esters (lactones) is 1. The van der Waals surface area contributed by atoms with Crippen LogP contribution in [0, 0.1) is 0 Å². The summed E-state index contributed by atoms with van der Waals surface area (Å²) in [4.78, 5) is 16.5. The van der Waals surface area contributed by atoms with E-state index in [2.05, 4.69) is 4.99 Å². The molecule has 2 aromatic rings. The average molecular weight is 395 g/mol. The second-order valence-corrected chi connectivity index (χ2v) is 5.90. The van der Waals surface area contributed by atoms with Crippen LogP contribution in [0.5, 0.6) is 23.0 Å². The van der Waals surface area contributed by atoms with Crippen LogP contribution in [0.3, 0.4) is 0 Å². The van der Waals surface area contributed by atoms with E-state index >= 15 is 0 Å². The highest BCUT2D eigenvalue weighted by atomic mass is 16.6. The summed E-state index contributed by atoms with van der Waals surface area (Å²) in [6.45, 7) is 0. The number of nitrogens with zero attached hydrogens (tertiary/aromatic N) is 1. The summed E-state index contributed by atoms with van der Waals surface area (Å²) in [6.07, 6.45) is 4.98. The molecule has 0 saturated heterocycles. The Kier molecular flexibility index (Phi) is 6.19. The van der Waals surface area contributed by atoms with E-state index in [0.29, 0.717) is 28.6 Å². The number of methoxy groups -OCH3 is 4. The van der Waals surface area contributed by atoms with Crippen LogP contribution in [0.1, 0.15) is 11.1 Å². The fourth-order valence-electron chi connectivity index (χ4n) is 2.80. The van der Waals surface area contributed by atoms with Crippen molar-refractivity contribution in [3.05, 3.63) is 59.3 Å². The average Bonchev–Trinajstić information content (AvgIpc) is 3.10. The highest BCUT2D eigenvalue weighted by Gasteiger charge is 2.22. The first-order valence-corrected chi connectivity index (χ1v) is 8.73. The van der Waals surface area contributed by atoms with E-state index in [4.69, 9.17) is 23.7 Å². The number of carbonyl (C=O) groups is 1. The maximum atomic E-state index is 12.2. The zero-order valence-corrected chi connectivity index (χ0v) is 16.6. The Balaban J connectivity index is 1.90. The Morgan fingerprint density at radius 1 is 0.862 bits per heavy atom. The van der Waals surface area contributed by atoms with E-state index in [9.17, 15) is 4.79 Å². The number of rotatable bonds is 7. The van der Waals surface area contributed by atoms with Crippen molar-refractivity contribution in [3.63, 3.8) is 0 Å². The minimum atomic E-state index is -0.543. The Labute approximate surface area is 168 Å². The molecule has 1 aliphatic heterocycles. The van der Waals surface area contributed by atoms with Crippen LogP contribution in [-0.4, -0.2) is 40.3 Å². The van der Waals surface area contributed by atoms with Crippen molar-refractivity contribution in [1.29, 1.82) is 0 Å². The van der Waals surface area contributed by atoms with Crippen LogP contribution < -0.4 is 18.9 Å². The second-order valence-electron chi connectivity index (χ2n) is 5.90. The van der Waals surface area contributed by atoms with Gasteiger partial charge in [-0.25, -0.2) is 9.79 Å². The lowest BCUT2D eigenvalue weighted by Gasteiger charge is -2.12. The van der Waals surface area contributed by atoms with E-state index < -0.39 is 5.97 Å². The van der Waals surface area contributed by atoms with E-state index in [1.54, 1.807) is 37.5 Å². The summed E-state index contributed by atoms with van der Waals surface area (Å²) in [5, 5.41) is 0. The predicted molar refractivity (Wildman–Crippen MR) is 110 cm³/mol. The van der Waals surface area contributed by atoms with Gasteiger partial charge < -0.3 is 23.7 Å². The minimum absolute atomic E-state index is 0.166. The largest absolute Gasteiger partial charge is 0.496 e. The van der Waals surface area contributed by atoms with Gasteiger partial charge in [0.25, 0.3) is 0 Å². The van der Waals surface area contributed by atoms with E-state index in [-0.39, 0.29) is 11.6 Å². The number of ether oxygens (including phenoxy) is 5. The quantitative estimate of drug-likeness (QED) is 0.525. The van der Waals surface area contributed by atoms with Crippen molar-refractivity contribution in [2.45, 2.75) is 0 Å². The Hall–Kier alpha value is -3.74. The third-order valence-electron chi connectivity index (χ3n) is 4.17. The van der Waals surface area contributed by atoms with E-state index in [0.717, 1.165) is 5.56 Å². The Bertz CT molecular complexity index is 981. The van der Waals surface area contributed by atoms with Crippen LogP contribution in [0.4, 0.5) is 0 Å². The fraction of sp³-hybridized carbons (Fsp3) is 0.182. The lowest BCUT2D eigenvalue weighted by molar-refractivity contribution is -0.129. The SMILES string of the molecule is COc1ccccc1C=CC1=NC(=Cc2cc(OC)c(OC)c(OC)c2)C(=O)O1. The van der Waals surface area contributed by atoms with Gasteiger partial charge in [0.05, 0.1) is 28.4 Å². The normalized spacial score (nSPS) is 14.7. The van der Waals surface area contributed by atoms with Crippen LogP contribution >= 0.6 is 0 Å². The maximum absolute atomic E-state index is 12.2. The molecular weight excluding hydrogens is 374 g/mol. The monoisotopic (exact) mass is 395 g/mol. The van der Waals surface area contributed by atoms with Crippen molar-refractivity contribution in [2.75, 3.05) is 28.4 Å². The van der Waals surface area contributed by atoms with Crippen molar-refractivity contribution in [2.24, 2.45) is 4.99 Å². The molecule has 1 aliphatic rings. The third-order valence-corrected chi connectivity index (χ3v) is 4.17. The van der Waals surface area contributed by atoms with Gasteiger partial charge in [-0.1, -0.05) is 18.2 Å². The molecule has 0 amide bonds. The summed E-state index contributed by atoms with van der Waals surface area (Å²) in [5.74, 6) is 1.78. The van der Waals surface area contributed by atoms with Gasteiger partial charge in [0.2, 0.25) is 11.6 Å². The topological polar surface area (TPSA) is 75.6 Å². The first kappa shape index (κ1) is 20.0. The minimum Gasteiger partial charge on any atom is -0.496 e. The first-order chi connectivity index (χ1) is 14.1. The molecule has 29 heavy (non-hydrogen) atoms. The summed E-state index contributed by atoms with van der Waals surface area (Å²) in [5.41, 5.74) is 1.67. The van der Waals surface area contributed by atoms with Gasteiger partial charge in [0.15, 0.2) is 17.2 Å². The molecule has 7 nitrogen and oxygen atoms in total. The zero-order chi connectivity index (χ0) is 20.8. The van der Waals surface area contributed by atoms with Gasteiger partial charge in [0, 0.05) is 11.6 Å². The van der Waals surface area contributed by atoms with Gasteiger partial charge in [-0.05, 0) is 35.9 Å². The standard InChI is InChI=1S/C22H21NO6/c1-25-17-8-6-5-7-15(17)9-10-20-23-16(22(24)29-20)11-14-12-18(26-2)21(28-4)19(13-14)27-3/h5-13H,1-4H3. The van der Waals surface area contributed by atoms with E-state index in [1.165, 1.54) is 21.3 Å². The molecule has 0 N–H and O–H groups in total. The first-order valence-electron chi connectivity index (χ1n) is 8.73. The number of para-hydroxylation sites is 1. The fourth-order valence-corrected chi connectivity index (χ4v) is 2.80. The molecule has 0 unspecified atom stereocenters. The second kappa shape index (κ2) is 8.97. The number of aliphatic imine (C=N–C) groups is 1. The van der Waals surface area contributed by atoms with Crippen LogP contribution in [0.2, 0.25) is 0 Å². The summed E-state index contributed by atoms with van der Waals surface area (Å²) < 4.78 is 26.5.